The molecule has 26 heavy (non-hydrogen) atoms. The van der Waals surface area contributed by atoms with E-state index in [-0.39, 0.29) is 12.2 Å². The van der Waals surface area contributed by atoms with E-state index in [1.54, 1.807) is 42.5 Å². The number of para-hydroxylation sites is 1. The molecule has 2 aromatic rings. The molecule has 1 aliphatic rings. The highest BCUT2D eigenvalue weighted by molar-refractivity contribution is 6.01. The van der Waals surface area contributed by atoms with Gasteiger partial charge in [0.15, 0.2) is 6.61 Å². The van der Waals surface area contributed by atoms with Gasteiger partial charge in [0.1, 0.15) is 24.5 Å². The molecule has 1 N–H and O–H groups in total. The monoisotopic (exact) mass is 361 g/mol. The van der Waals surface area contributed by atoms with Crippen LogP contribution >= 0.6 is 0 Å². The van der Waals surface area contributed by atoms with Crippen molar-refractivity contribution in [1.82, 2.24) is 4.90 Å². The Morgan fingerprint density at radius 2 is 1.85 bits per heavy atom. The highest BCUT2D eigenvalue weighted by Gasteiger charge is 2.40. The maximum absolute atomic E-state index is 13.0. The summed E-state index contributed by atoms with van der Waals surface area (Å²) in [6.07, 6.45) is -5.50. The average molecular weight is 361 g/mol. The number of fused-ring (bicyclic) bond motifs is 1. The molecule has 1 amide bonds. The molecule has 0 saturated heterocycles. The lowest BCUT2D eigenvalue weighted by molar-refractivity contribution is -0.144. The summed E-state index contributed by atoms with van der Waals surface area (Å²) in [7, 11) is 0. The Balaban J connectivity index is 1.94. The molecule has 0 bridgehead atoms. The SMILES string of the molecule is N#CCOc1ccc([C@@H]2Nc3ccccc3C(=O)N2CC(F)(F)F)cc1. The number of amides is 1. The Morgan fingerprint density at radius 3 is 2.50 bits per heavy atom. The summed E-state index contributed by atoms with van der Waals surface area (Å²) in [5.74, 6) is -0.272. The van der Waals surface area contributed by atoms with Crippen LogP contribution in [0.4, 0.5) is 18.9 Å². The van der Waals surface area contributed by atoms with Crippen LogP contribution in [0, 0.1) is 11.3 Å². The van der Waals surface area contributed by atoms with Crippen LogP contribution in [0.15, 0.2) is 48.5 Å². The van der Waals surface area contributed by atoms with Crippen molar-refractivity contribution in [3.63, 3.8) is 0 Å². The van der Waals surface area contributed by atoms with Gasteiger partial charge in [-0.1, -0.05) is 24.3 Å². The fraction of sp³-hybridized carbons (Fsp3) is 0.222. The predicted octanol–water partition coefficient (Wildman–Crippen LogP) is 3.72. The Morgan fingerprint density at radius 1 is 1.15 bits per heavy atom. The summed E-state index contributed by atoms with van der Waals surface area (Å²) < 4.78 is 44.2. The molecule has 134 valence electrons. The molecule has 1 atom stereocenters. The van der Waals surface area contributed by atoms with Gasteiger partial charge >= 0.3 is 6.18 Å². The summed E-state index contributed by atoms with van der Waals surface area (Å²) >= 11 is 0. The molecule has 0 radical (unpaired) electrons. The molecule has 2 aromatic carbocycles. The highest BCUT2D eigenvalue weighted by atomic mass is 19.4. The van der Waals surface area contributed by atoms with Crippen molar-refractivity contribution in [2.75, 3.05) is 18.5 Å². The number of alkyl halides is 3. The van der Waals surface area contributed by atoms with Crippen LogP contribution < -0.4 is 10.1 Å². The van der Waals surface area contributed by atoms with Gasteiger partial charge in [0.2, 0.25) is 0 Å². The first-order chi connectivity index (χ1) is 12.4. The first-order valence-corrected chi connectivity index (χ1v) is 7.72. The third-order valence-electron chi connectivity index (χ3n) is 3.87. The number of halogens is 3. The van der Waals surface area contributed by atoms with Crippen LogP contribution in [-0.4, -0.2) is 30.1 Å². The normalized spacial score (nSPS) is 16.5. The lowest BCUT2D eigenvalue weighted by atomic mass is 10.0. The van der Waals surface area contributed by atoms with Crippen molar-refractivity contribution < 1.29 is 22.7 Å². The van der Waals surface area contributed by atoms with E-state index in [9.17, 15) is 18.0 Å². The second-order valence-corrected chi connectivity index (χ2v) is 5.66. The summed E-state index contributed by atoms with van der Waals surface area (Å²) in [4.78, 5) is 13.4. The Hall–Kier alpha value is -3.21. The molecule has 3 rings (SSSR count). The Labute approximate surface area is 147 Å². The number of hydrogen-bond acceptors (Lipinski definition) is 4. The van der Waals surface area contributed by atoms with Crippen LogP contribution in [0.3, 0.4) is 0 Å². The summed E-state index contributed by atoms with van der Waals surface area (Å²) in [5, 5.41) is 11.5. The molecule has 0 aromatic heterocycles. The molecule has 1 aliphatic heterocycles. The van der Waals surface area contributed by atoms with Crippen LogP contribution in [0.1, 0.15) is 22.1 Å². The molecule has 0 aliphatic carbocycles. The van der Waals surface area contributed by atoms with Crippen LogP contribution in [0.5, 0.6) is 5.75 Å². The zero-order valence-corrected chi connectivity index (χ0v) is 13.5. The molecule has 1 heterocycles. The molecule has 0 unspecified atom stereocenters. The van der Waals surface area contributed by atoms with E-state index in [2.05, 4.69) is 5.32 Å². The largest absolute Gasteiger partial charge is 0.479 e. The third kappa shape index (κ3) is 3.72. The average Bonchev–Trinajstić information content (AvgIpc) is 2.62. The standard InChI is InChI=1S/C18H14F3N3O2/c19-18(20,21)11-24-16(12-5-7-13(8-6-12)26-10-9-22)23-15-4-2-1-3-14(15)17(24)25/h1-8,16,23H,10-11H2/t16-/m1/s1. The van der Waals surface area contributed by atoms with Crippen molar-refractivity contribution in [2.45, 2.75) is 12.3 Å². The van der Waals surface area contributed by atoms with Crippen molar-refractivity contribution in [3.8, 4) is 11.8 Å². The van der Waals surface area contributed by atoms with E-state index in [0.29, 0.717) is 17.0 Å². The van der Waals surface area contributed by atoms with Gasteiger partial charge in [-0.05, 0) is 29.8 Å². The maximum atomic E-state index is 13.0. The van der Waals surface area contributed by atoms with Gasteiger partial charge in [0, 0.05) is 5.69 Å². The molecule has 5 nitrogen and oxygen atoms in total. The minimum absolute atomic E-state index is 0.132. The number of carbonyl (C=O) groups is 1. The number of nitrogens with one attached hydrogen (secondary N) is 1. The number of rotatable bonds is 4. The summed E-state index contributed by atoms with van der Waals surface area (Å²) in [5.41, 5.74) is 1.15. The van der Waals surface area contributed by atoms with Gasteiger partial charge in [-0.25, -0.2) is 0 Å². The lowest BCUT2D eigenvalue weighted by Gasteiger charge is -2.38. The van der Waals surface area contributed by atoms with Crippen molar-refractivity contribution in [1.29, 1.82) is 5.26 Å². The molecule has 8 heteroatoms. The Bertz CT molecular complexity index is 844. The fourth-order valence-corrected chi connectivity index (χ4v) is 2.77. The number of anilines is 1. The lowest BCUT2D eigenvalue weighted by Crippen LogP contribution is -2.47. The van der Waals surface area contributed by atoms with E-state index in [1.165, 1.54) is 6.07 Å². The number of ether oxygens (including phenoxy) is 1. The van der Waals surface area contributed by atoms with Gasteiger partial charge in [0.25, 0.3) is 5.91 Å². The van der Waals surface area contributed by atoms with Gasteiger partial charge in [-0.15, -0.1) is 0 Å². The molecule has 0 fully saturated rings. The van der Waals surface area contributed by atoms with Crippen molar-refractivity contribution in [2.24, 2.45) is 0 Å². The predicted molar refractivity (Wildman–Crippen MR) is 87.4 cm³/mol. The van der Waals surface area contributed by atoms with Gasteiger partial charge in [-0.3, -0.25) is 4.79 Å². The highest BCUT2D eigenvalue weighted by Crippen LogP contribution is 2.35. The van der Waals surface area contributed by atoms with Gasteiger partial charge < -0.3 is 15.0 Å². The van der Waals surface area contributed by atoms with Crippen LogP contribution in [-0.2, 0) is 0 Å². The van der Waals surface area contributed by atoms with E-state index >= 15 is 0 Å². The Kier molecular flexibility index (Phi) is 4.71. The number of nitriles is 1. The van der Waals surface area contributed by atoms with Gasteiger partial charge in [-0.2, -0.15) is 18.4 Å². The number of nitrogens with zero attached hydrogens (tertiary/aromatic N) is 2. The third-order valence-corrected chi connectivity index (χ3v) is 3.87. The van der Waals surface area contributed by atoms with E-state index in [4.69, 9.17) is 10.00 Å². The minimum atomic E-state index is -4.53. The second-order valence-electron chi connectivity index (χ2n) is 5.66. The smallest absolute Gasteiger partial charge is 0.406 e. The molecule has 0 saturated carbocycles. The molecular formula is C18H14F3N3O2. The van der Waals surface area contributed by atoms with E-state index < -0.39 is 24.8 Å². The number of hydrogen-bond donors (Lipinski definition) is 1. The van der Waals surface area contributed by atoms with Crippen molar-refractivity contribution >= 4 is 11.6 Å². The zero-order valence-electron chi connectivity index (χ0n) is 13.5. The summed E-state index contributed by atoms with van der Waals surface area (Å²) in [6.45, 7) is -1.50. The quantitative estimate of drug-likeness (QED) is 0.901. The zero-order chi connectivity index (χ0) is 18.7. The molecule has 0 spiro atoms. The second kappa shape index (κ2) is 6.96. The molecular weight excluding hydrogens is 347 g/mol. The first kappa shape index (κ1) is 17.6. The minimum Gasteiger partial charge on any atom is -0.479 e. The number of benzene rings is 2. The van der Waals surface area contributed by atoms with Crippen LogP contribution in [0.25, 0.3) is 0 Å². The maximum Gasteiger partial charge on any atom is 0.406 e. The topological polar surface area (TPSA) is 65.4 Å². The summed E-state index contributed by atoms with van der Waals surface area (Å²) in [6, 6.07) is 14.5. The number of carbonyl (C=O) groups excluding carboxylic acids is 1. The van der Waals surface area contributed by atoms with Gasteiger partial charge in [0.05, 0.1) is 5.56 Å². The van der Waals surface area contributed by atoms with Crippen LogP contribution in [0.2, 0.25) is 0 Å². The fourth-order valence-electron chi connectivity index (χ4n) is 2.77. The van der Waals surface area contributed by atoms with E-state index in [1.807, 2.05) is 6.07 Å². The van der Waals surface area contributed by atoms with Crippen molar-refractivity contribution in [3.05, 3.63) is 59.7 Å². The first-order valence-electron chi connectivity index (χ1n) is 7.72. The van der Waals surface area contributed by atoms with E-state index in [0.717, 1.165) is 4.90 Å².